The van der Waals surface area contributed by atoms with Crippen LogP contribution in [0.4, 0.5) is 5.69 Å². The summed E-state index contributed by atoms with van der Waals surface area (Å²) in [6.07, 6.45) is 0. The maximum atomic E-state index is 10.1. The zero-order valence-electron chi connectivity index (χ0n) is 5.94. The fourth-order valence-electron chi connectivity index (χ4n) is 0.744. The van der Waals surface area contributed by atoms with Crippen molar-refractivity contribution in [3.8, 4) is 5.75 Å². The number of nitrogens with zero attached hydrogens (tertiary/aromatic N) is 1. The fourth-order valence-corrected chi connectivity index (χ4v) is 0.744. The van der Waals surface area contributed by atoms with Crippen LogP contribution < -0.4 is 4.89 Å². The van der Waals surface area contributed by atoms with E-state index in [1.54, 1.807) is 19.1 Å². The average Bonchev–Trinajstić information content (AvgIpc) is 2.05. The van der Waals surface area contributed by atoms with Crippen molar-refractivity contribution in [1.82, 2.24) is 0 Å². The van der Waals surface area contributed by atoms with Crippen LogP contribution in [0, 0.1) is 11.8 Å². The highest BCUT2D eigenvalue weighted by Crippen LogP contribution is 2.23. The van der Waals surface area contributed by atoms with Crippen molar-refractivity contribution in [2.45, 2.75) is 6.92 Å². The van der Waals surface area contributed by atoms with Crippen molar-refractivity contribution in [2.24, 2.45) is 5.18 Å². The Balaban J connectivity index is 3.12. The molecule has 0 unspecified atom stereocenters. The second-order valence-electron chi connectivity index (χ2n) is 2.13. The first-order chi connectivity index (χ1) is 5.27. The molecule has 0 aliphatic carbocycles. The van der Waals surface area contributed by atoms with Crippen LogP contribution in [-0.2, 0) is 0 Å². The lowest BCUT2D eigenvalue weighted by Crippen LogP contribution is -1.83. The van der Waals surface area contributed by atoms with E-state index in [0.29, 0.717) is 0 Å². The second-order valence-corrected chi connectivity index (χ2v) is 2.13. The van der Waals surface area contributed by atoms with Gasteiger partial charge in [0.05, 0.1) is 0 Å². The summed E-state index contributed by atoms with van der Waals surface area (Å²) in [6.45, 7) is 1.75. The molecule has 0 aromatic heterocycles. The molecule has 1 N–H and O–H groups in total. The van der Waals surface area contributed by atoms with Crippen molar-refractivity contribution < 1.29 is 10.1 Å². The summed E-state index contributed by atoms with van der Waals surface area (Å²) >= 11 is 0. The van der Waals surface area contributed by atoms with Crippen LogP contribution in [-0.4, -0.2) is 5.26 Å². The number of rotatable bonds is 2. The largest absolute Gasteiger partial charge is 0.340 e. The lowest BCUT2D eigenvalue weighted by molar-refractivity contribution is -0.137. The molecule has 0 atom stereocenters. The molecule has 0 heterocycles. The van der Waals surface area contributed by atoms with Gasteiger partial charge in [-0.2, -0.15) is 0 Å². The molecule has 58 valence electrons. The molecule has 0 aliphatic rings. The van der Waals surface area contributed by atoms with Crippen molar-refractivity contribution >= 4 is 5.69 Å². The van der Waals surface area contributed by atoms with Crippen LogP contribution in [0.25, 0.3) is 0 Å². The summed E-state index contributed by atoms with van der Waals surface area (Å²) in [4.78, 5) is 14.0. The van der Waals surface area contributed by atoms with Gasteiger partial charge in [-0.05, 0) is 23.7 Å². The zero-order valence-corrected chi connectivity index (χ0v) is 5.94. The maximum Gasteiger partial charge on any atom is 0.167 e. The predicted molar refractivity (Wildman–Crippen MR) is 39.9 cm³/mol. The highest BCUT2D eigenvalue weighted by Gasteiger charge is 2.00. The first kappa shape index (κ1) is 7.68. The van der Waals surface area contributed by atoms with Crippen molar-refractivity contribution in [3.05, 3.63) is 28.7 Å². The van der Waals surface area contributed by atoms with Gasteiger partial charge in [-0.25, -0.2) is 5.26 Å². The smallest absolute Gasteiger partial charge is 0.167 e. The van der Waals surface area contributed by atoms with Gasteiger partial charge in [-0.15, -0.1) is 4.91 Å². The molecule has 0 aliphatic heterocycles. The third-order valence-electron chi connectivity index (χ3n) is 1.38. The maximum absolute atomic E-state index is 10.1. The molecule has 0 amide bonds. The molecule has 0 bridgehead atoms. The zero-order chi connectivity index (χ0) is 8.27. The minimum atomic E-state index is 0.213. The quantitative estimate of drug-likeness (QED) is 0.402. The summed E-state index contributed by atoms with van der Waals surface area (Å²) in [5.41, 5.74) is 1.03. The summed E-state index contributed by atoms with van der Waals surface area (Å²) in [5, 5.41) is 10.9. The van der Waals surface area contributed by atoms with Gasteiger partial charge in [0, 0.05) is 6.07 Å². The Morgan fingerprint density at radius 1 is 1.55 bits per heavy atom. The van der Waals surface area contributed by atoms with E-state index in [0.717, 1.165) is 5.56 Å². The fraction of sp³-hybridized carbons (Fsp3) is 0.143. The Bertz CT molecular complexity index is 272. The monoisotopic (exact) mass is 153 g/mol. The van der Waals surface area contributed by atoms with E-state index < -0.39 is 0 Å². The van der Waals surface area contributed by atoms with Crippen LogP contribution in [0.1, 0.15) is 5.56 Å². The van der Waals surface area contributed by atoms with Gasteiger partial charge in [-0.3, -0.25) is 0 Å². The average molecular weight is 153 g/mol. The number of benzene rings is 1. The van der Waals surface area contributed by atoms with Crippen LogP contribution >= 0.6 is 0 Å². The Morgan fingerprint density at radius 3 is 2.82 bits per heavy atom. The molecule has 1 rings (SSSR count). The van der Waals surface area contributed by atoms with E-state index in [1.165, 1.54) is 6.07 Å². The minimum Gasteiger partial charge on any atom is -0.340 e. The lowest BCUT2D eigenvalue weighted by atomic mass is 10.2. The molecule has 0 saturated carbocycles. The van der Waals surface area contributed by atoms with Gasteiger partial charge in [0.25, 0.3) is 0 Å². The Morgan fingerprint density at radius 2 is 2.27 bits per heavy atom. The highest BCUT2D eigenvalue weighted by atomic mass is 17.1. The van der Waals surface area contributed by atoms with Gasteiger partial charge >= 0.3 is 0 Å². The Hall–Kier alpha value is -1.42. The van der Waals surface area contributed by atoms with E-state index >= 15 is 0 Å². The molecule has 4 nitrogen and oxygen atoms in total. The van der Waals surface area contributed by atoms with Crippen molar-refractivity contribution in [2.75, 3.05) is 0 Å². The standard InChI is InChI=1S/C7H7NO3/c1-5-2-3-6(11-10)4-7(5)8-9/h2-4,10H,1H3. The molecule has 0 spiro atoms. The van der Waals surface area contributed by atoms with Gasteiger partial charge in [-0.1, -0.05) is 6.07 Å². The molecule has 0 fully saturated rings. The minimum absolute atomic E-state index is 0.213. The van der Waals surface area contributed by atoms with Gasteiger partial charge < -0.3 is 4.89 Å². The number of aryl methyl sites for hydroxylation is 1. The molecule has 11 heavy (non-hydrogen) atoms. The topological polar surface area (TPSA) is 58.9 Å². The lowest BCUT2D eigenvalue weighted by Gasteiger charge is -1.98. The van der Waals surface area contributed by atoms with E-state index in [9.17, 15) is 4.91 Å². The summed E-state index contributed by atoms with van der Waals surface area (Å²) < 4.78 is 0. The first-order valence-corrected chi connectivity index (χ1v) is 3.03. The van der Waals surface area contributed by atoms with E-state index in [1.807, 2.05) is 0 Å². The summed E-state index contributed by atoms with van der Waals surface area (Å²) in [5.74, 6) is 0.213. The van der Waals surface area contributed by atoms with Gasteiger partial charge in [0.1, 0.15) is 5.69 Å². The van der Waals surface area contributed by atoms with Gasteiger partial charge in [0.2, 0.25) is 0 Å². The molecule has 1 aromatic carbocycles. The summed E-state index contributed by atoms with van der Waals surface area (Å²) in [7, 11) is 0. The van der Waals surface area contributed by atoms with E-state index in [4.69, 9.17) is 5.26 Å². The van der Waals surface area contributed by atoms with Crippen LogP contribution in [0.5, 0.6) is 5.75 Å². The number of nitroso groups, excluding NO2 is 1. The van der Waals surface area contributed by atoms with Gasteiger partial charge in [0.15, 0.2) is 5.75 Å². The Labute approximate surface area is 63.3 Å². The van der Waals surface area contributed by atoms with Crippen molar-refractivity contribution in [3.63, 3.8) is 0 Å². The SMILES string of the molecule is Cc1ccc(OO)cc1N=O. The van der Waals surface area contributed by atoms with Crippen LogP contribution in [0.3, 0.4) is 0 Å². The molecule has 0 saturated heterocycles. The van der Waals surface area contributed by atoms with Crippen molar-refractivity contribution in [1.29, 1.82) is 0 Å². The molecule has 4 heteroatoms. The second kappa shape index (κ2) is 3.12. The highest BCUT2D eigenvalue weighted by molar-refractivity contribution is 5.49. The summed E-state index contributed by atoms with van der Waals surface area (Å²) in [6, 6.07) is 4.55. The normalized spacial score (nSPS) is 9.27. The van der Waals surface area contributed by atoms with E-state index in [2.05, 4.69) is 10.1 Å². The number of hydrogen-bond acceptors (Lipinski definition) is 4. The molecule has 1 aromatic rings. The molecular formula is C7H7NO3. The molecule has 0 radical (unpaired) electrons. The first-order valence-electron chi connectivity index (χ1n) is 3.03. The Kier molecular flexibility index (Phi) is 2.18. The van der Waals surface area contributed by atoms with Crippen LogP contribution in [0.15, 0.2) is 23.4 Å². The van der Waals surface area contributed by atoms with Crippen LogP contribution in [0.2, 0.25) is 0 Å². The third-order valence-corrected chi connectivity index (χ3v) is 1.38. The third kappa shape index (κ3) is 1.53. The predicted octanol–water partition coefficient (Wildman–Crippen LogP) is 2.24. The van der Waals surface area contributed by atoms with E-state index in [-0.39, 0.29) is 11.4 Å². The molecular weight excluding hydrogens is 146 g/mol. The number of hydrogen-bond donors (Lipinski definition) is 1.